The zero-order valence-corrected chi connectivity index (χ0v) is 7.92. The van der Waals surface area contributed by atoms with Gasteiger partial charge in [-0.2, -0.15) is 0 Å². The van der Waals surface area contributed by atoms with Crippen LogP contribution in [-0.2, 0) is 4.79 Å². The molecule has 0 aromatic rings. The zero-order chi connectivity index (χ0) is 9.02. The third-order valence-corrected chi connectivity index (χ3v) is 1.94. The fourth-order valence-corrected chi connectivity index (χ4v) is 0.704. The van der Waals surface area contributed by atoms with E-state index < -0.39 is 0 Å². The number of ketones is 1. The molecule has 1 atom stereocenters. The van der Waals surface area contributed by atoms with Gasteiger partial charge in [0, 0.05) is 18.4 Å². The largest absolute Gasteiger partial charge is 0.327 e. The van der Waals surface area contributed by atoms with Crippen LogP contribution in [0.25, 0.3) is 0 Å². The van der Waals surface area contributed by atoms with E-state index >= 15 is 0 Å². The molecular formula is C9H19NO. The van der Waals surface area contributed by atoms with Gasteiger partial charge in [-0.15, -0.1) is 0 Å². The van der Waals surface area contributed by atoms with Crippen molar-refractivity contribution in [1.82, 2.24) is 0 Å². The summed E-state index contributed by atoms with van der Waals surface area (Å²) in [6.07, 6.45) is 0.523. The number of carbonyl (C=O) groups excluding carboxylic acids is 1. The predicted octanol–water partition coefficient (Wildman–Crippen LogP) is 1.58. The maximum absolute atomic E-state index is 11.2. The number of nitrogens with two attached hydrogens (primary N) is 1. The fraction of sp³-hybridized carbons (Fsp3) is 0.889. The van der Waals surface area contributed by atoms with Gasteiger partial charge in [-0.05, 0) is 5.92 Å². The molecule has 2 heteroatoms. The summed E-state index contributed by atoms with van der Waals surface area (Å²) in [5.41, 5.74) is 5.73. The predicted molar refractivity (Wildman–Crippen MR) is 47.3 cm³/mol. The van der Waals surface area contributed by atoms with E-state index in [0.29, 0.717) is 12.3 Å². The van der Waals surface area contributed by atoms with Crippen LogP contribution in [0.2, 0.25) is 0 Å². The Morgan fingerprint density at radius 1 is 1.27 bits per heavy atom. The number of Topliss-reactive ketones (excluding diaryl/α,β-unsaturated/α-hetero) is 1. The molecule has 0 amide bonds. The van der Waals surface area contributed by atoms with Gasteiger partial charge >= 0.3 is 0 Å². The molecule has 0 aromatic heterocycles. The highest BCUT2D eigenvalue weighted by Crippen LogP contribution is 2.07. The molecule has 0 aliphatic rings. The van der Waals surface area contributed by atoms with Gasteiger partial charge in [-0.25, -0.2) is 0 Å². The van der Waals surface area contributed by atoms with Crippen LogP contribution in [0.1, 0.15) is 34.1 Å². The SMILES string of the molecule is CC(C)C(=O)CC(N)C(C)C. The van der Waals surface area contributed by atoms with Crippen molar-refractivity contribution in [2.45, 2.75) is 40.2 Å². The summed E-state index contributed by atoms with van der Waals surface area (Å²) in [7, 11) is 0. The lowest BCUT2D eigenvalue weighted by Gasteiger charge is -2.15. The molecule has 2 nitrogen and oxygen atoms in total. The van der Waals surface area contributed by atoms with E-state index in [9.17, 15) is 4.79 Å². The first-order valence-corrected chi connectivity index (χ1v) is 4.23. The third-order valence-electron chi connectivity index (χ3n) is 1.94. The van der Waals surface area contributed by atoms with E-state index in [1.54, 1.807) is 0 Å². The minimum absolute atomic E-state index is 0.0323. The summed E-state index contributed by atoms with van der Waals surface area (Å²) in [4.78, 5) is 11.2. The van der Waals surface area contributed by atoms with Crippen molar-refractivity contribution in [1.29, 1.82) is 0 Å². The molecule has 0 aromatic carbocycles. The molecule has 0 rings (SSSR count). The molecule has 0 saturated heterocycles. The van der Waals surface area contributed by atoms with Crippen molar-refractivity contribution in [3.8, 4) is 0 Å². The van der Waals surface area contributed by atoms with Crippen molar-refractivity contribution < 1.29 is 4.79 Å². The van der Waals surface area contributed by atoms with E-state index in [1.807, 2.05) is 27.7 Å². The smallest absolute Gasteiger partial charge is 0.136 e. The minimum Gasteiger partial charge on any atom is -0.327 e. The van der Waals surface area contributed by atoms with Crippen LogP contribution in [0.4, 0.5) is 0 Å². The lowest BCUT2D eigenvalue weighted by molar-refractivity contribution is -0.122. The number of hydrogen-bond acceptors (Lipinski definition) is 2. The number of hydrogen-bond donors (Lipinski definition) is 1. The van der Waals surface area contributed by atoms with Crippen LogP contribution in [0.5, 0.6) is 0 Å². The summed E-state index contributed by atoms with van der Waals surface area (Å²) in [6, 6.07) is 0.0323. The normalized spacial score (nSPS) is 14.1. The Bertz CT molecular complexity index is 130. The first-order valence-electron chi connectivity index (χ1n) is 4.23. The Hall–Kier alpha value is -0.370. The van der Waals surface area contributed by atoms with Gasteiger partial charge in [-0.3, -0.25) is 4.79 Å². The summed E-state index contributed by atoms with van der Waals surface area (Å²) in [6.45, 7) is 7.90. The highest BCUT2D eigenvalue weighted by Gasteiger charge is 2.14. The second kappa shape index (κ2) is 4.50. The van der Waals surface area contributed by atoms with Crippen LogP contribution in [0, 0.1) is 11.8 Å². The molecule has 0 saturated carbocycles. The van der Waals surface area contributed by atoms with Gasteiger partial charge in [0.1, 0.15) is 5.78 Å². The standard InChI is InChI=1S/C9H19NO/c1-6(2)8(10)5-9(11)7(3)4/h6-8H,5,10H2,1-4H3. The highest BCUT2D eigenvalue weighted by atomic mass is 16.1. The molecule has 0 aliphatic heterocycles. The average molecular weight is 157 g/mol. The highest BCUT2D eigenvalue weighted by molar-refractivity contribution is 5.80. The van der Waals surface area contributed by atoms with E-state index in [0.717, 1.165) is 0 Å². The molecule has 0 aliphatic carbocycles. The van der Waals surface area contributed by atoms with Crippen molar-refractivity contribution in [3.63, 3.8) is 0 Å². The summed E-state index contributed by atoms with van der Waals surface area (Å²) in [5.74, 6) is 0.795. The maximum atomic E-state index is 11.2. The van der Waals surface area contributed by atoms with Gasteiger partial charge in [0.2, 0.25) is 0 Å². The van der Waals surface area contributed by atoms with Crippen molar-refractivity contribution in [2.75, 3.05) is 0 Å². The fourth-order valence-electron chi connectivity index (χ4n) is 0.704. The molecule has 0 bridgehead atoms. The molecule has 2 N–H and O–H groups in total. The van der Waals surface area contributed by atoms with Crippen molar-refractivity contribution in [3.05, 3.63) is 0 Å². The first-order chi connectivity index (χ1) is 4.95. The van der Waals surface area contributed by atoms with Crippen LogP contribution in [-0.4, -0.2) is 11.8 Å². The molecule has 1 unspecified atom stereocenters. The molecule has 0 fully saturated rings. The molecule has 66 valence electrons. The molecule has 0 radical (unpaired) electrons. The van der Waals surface area contributed by atoms with E-state index in [1.165, 1.54) is 0 Å². The third kappa shape index (κ3) is 4.14. The van der Waals surface area contributed by atoms with Gasteiger partial charge in [-0.1, -0.05) is 27.7 Å². The minimum atomic E-state index is 0.0323. The second-order valence-corrected chi connectivity index (χ2v) is 3.73. The van der Waals surface area contributed by atoms with Gasteiger partial charge in [0.05, 0.1) is 0 Å². The molecular weight excluding hydrogens is 138 g/mol. The Kier molecular flexibility index (Phi) is 4.34. The Labute approximate surface area is 69.2 Å². The maximum Gasteiger partial charge on any atom is 0.136 e. The van der Waals surface area contributed by atoms with Crippen LogP contribution in [0.3, 0.4) is 0 Å². The first kappa shape index (κ1) is 10.6. The lowest BCUT2D eigenvalue weighted by Crippen LogP contribution is -2.30. The van der Waals surface area contributed by atoms with Gasteiger partial charge in [0.15, 0.2) is 0 Å². The topological polar surface area (TPSA) is 43.1 Å². The Morgan fingerprint density at radius 2 is 1.73 bits per heavy atom. The van der Waals surface area contributed by atoms with Crippen molar-refractivity contribution >= 4 is 5.78 Å². The quantitative estimate of drug-likeness (QED) is 0.673. The van der Waals surface area contributed by atoms with Crippen molar-refractivity contribution in [2.24, 2.45) is 17.6 Å². The second-order valence-electron chi connectivity index (χ2n) is 3.73. The van der Waals surface area contributed by atoms with Crippen LogP contribution >= 0.6 is 0 Å². The Balaban J connectivity index is 3.76. The number of rotatable bonds is 4. The van der Waals surface area contributed by atoms with E-state index in [2.05, 4.69) is 0 Å². The summed E-state index contributed by atoms with van der Waals surface area (Å²) < 4.78 is 0. The zero-order valence-electron chi connectivity index (χ0n) is 7.92. The molecule has 11 heavy (non-hydrogen) atoms. The van der Waals surface area contributed by atoms with Crippen LogP contribution < -0.4 is 5.73 Å². The van der Waals surface area contributed by atoms with Gasteiger partial charge in [0.25, 0.3) is 0 Å². The average Bonchev–Trinajstić information content (AvgIpc) is 1.87. The number of carbonyl (C=O) groups is 1. The summed E-state index contributed by atoms with van der Waals surface area (Å²) in [5, 5.41) is 0. The summed E-state index contributed by atoms with van der Waals surface area (Å²) >= 11 is 0. The van der Waals surface area contributed by atoms with Crippen LogP contribution in [0.15, 0.2) is 0 Å². The van der Waals surface area contributed by atoms with E-state index in [-0.39, 0.29) is 17.7 Å². The van der Waals surface area contributed by atoms with Gasteiger partial charge < -0.3 is 5.73 Å². The molecule has 0 heterocycles. The monoisotopic (exact) mass is 157 g/mol. The van der Waals surface area contributed by atoms with E-state index in [4.69, 9.17) is 5.73 Å². The Morgan fingerprint density at radius 3 is 2.00 bits per heavy atom. The molecule has 0 spiro atoms. The lowest BCUT2D eigenvalue weighted by atomic mass is 9.95.